The van der Waals surface area contributed by atoms with E-state index in [1.807, 2.05) is 77.8 Å². The zero-order chi connectivity index (χ0) is 23.8. The molecular formula is C24H24N4S6. The van der Waals surface area contributed by atoms with E-state index in [9.17, 15) is 0 Å². The first-order valence-electron chi connectivity index (χ1n) is 11.2. The molecule has 4 nitrogen and oxygen atoms in total. The molecule has 0 saturated carbocycles. The molecule has 0 atom stereocenters. The van der Waals surface area contributed by atoms with Crippen LogP contribution in [0.1, 0.15) is 55.5 Å². The first kappa shape index (κ1) is 21.8. The van der Waals surface area contributed by atoms with Crippen LogP contribution in [-0.2, 0) is 0 Å². The van der Waals surface area contributed by atoms with Gasteiger partial charge >= 0.3 is 0 Å². The fraction of sp³-hybridized carbons (Fsp3) is 0.333. The highest BCUT2D eigenvalue weighted by molar-refractivity contribution is 8.00. The van der Waals surface area contributed by atoms with E-state index < -0.39 is 0 Å². The SMILES string of the molecule is CSc1sc2c(sc3c4sc5c6sc7c(C(C)C)c(C)sc7c6n(N)c5c4n(N)c23)c1C(C)C. The van der Waals surface area contributed by atoms with Crippen LogP contribution in [0.3, 0.4) is 0 Å². The van der Waals surface area contributed by atoms with E-state index in [-0.39, 0.29) is 0 Å². The first-order chi connectivity index (χ1) is 16.2. The molecule has 34 heavy (non-hydrogen) atoms. The van der Waals surface area contributed by atoms with Crippen molar-refractivity contribution in [3.8, 4) is 0 Å². The quantitative estimate of drug-likeness (QED) is 0.167. The van der Waals surface area contributed by atoms with Crippen molar-refractivity contribution < 1.29 is 0 Å². The minimum absolute atomic E-state index is 0.494. The maximum Gasteiger partial charge on any atom is 0.108 e. The lowest BCUT2D eigenvalue weighted by molar-refractivity contribution is 0.865. The van der Waals surface area contributed by atoms with Crippen LogP contribution in [0.5, 0.6) is 0 Å². The molecule has 0 aliphatic rings. The molecule has 176 valence electrons. The molecule has 0 fully saturated rings. The maximum atomic E-state index is 6.88. The summed E-state index contributed by atoms with van der Waals surface area (Å²) in [5.74, 6) is 14.7. The minimum atomic E-state index is 0.494. The van der Waals surface area contributed by atoms with Crippen LogP contribution in [0.25, 0.3) is 59.7 Å². The summed E-state index contributed by atoms with van der Waals surface area (Å²) in [5.41, 5.74) is 7.43. The lowest BCUT2D eigenvalue weighted by atomic mass is 10.0. The highest BCUT2D eigenvalue weighted by atomic mass is 32.2. The van der Waals surface area contributed by atoms with E-state index in [1.54, 1.807) is 0 Å². The molecular weight excluding hydrogens is 537 g/mol. The van der Waals surface area contributed by atoms with Gasteiger partial charge in [-0.2, -0.15) is 0 Å². The number of aryl methyl sites for hydroxylation is 1. The second-order valence-corrected chi connectivity index (χ2v) is 15.8. The predicted octanol–water partition coefficient (Wildman–Crippen LogP) is 9.22. The van der Waals surface area contributed by atoms with Crippen molar-refractivity contribution in [3.05, 3.63) is 16.0 Å². The molecule has 0 spiro atoms. The molecule has 0 bridgehead atoms. The standard InChI is InChI=1S/C24H24N4S6/c1-7(2)10-9(5)30-20-14-22(31-16(10)20)18-12(27(14)25)13-19(33-18)23-15(28(13)26)21-17(32-23)11(8(3)4)24(29-6)34-21/h7-8H,25-26H2,1-6H3. The summed E-state index contributed by atoms with van der Waals surface area (Å²) >= 11 is 11.3. The molecule has 0 aliphatic carbocycles. The zero-order valence-electron chi connectivity index (χ0n) is 19.7. The number of nitrogens with two attached hydrogens (primary N) is 2. The van der Waals surface area contributed by atoms with Crippen LogP contribution in [0.2, 0.25) is 0 Å². The number of nitrogen functional groups attached to an aromatic ring is 2. The predicted molar refractivity (Wildman–Crippen MR) is 162 cm³/mol. The molecule has 7 aromatic rings. The largest absolute Gasteiger partial charge is 0.338 e. The topological polar surface area (TPSA) is 61.9 Å². The molecule has 0 unspecified atom stereocenters. The Balaban J connectivity index is 1.62. The van der Waals surface area contributed by atoms with Crippen molar-refractivity contribution in [2.75, 3.05) is 17.9 Å². The number of thioether (sulfide) groups is 1. The molecule has 7 aromatic heterocycles. The second-order valence-electron chi connectivity index (χ2n) is 9.46. The van der Waals surface area contributed by atoms with E-state index in [0.717, 1.165) is 11.0 Å². The number of hydrogen-bond donors (Lipinski definition) is 2. The molecule has 0 amide bonds. The van der Waals surface area contributed by atoms with E-state index in [0.29, 0.717) is 11.8 Å². The number of rotatable bonds is 3. The van der Waals surface area contributed by atoms with E-state index in [4.69, 9.17) is 11.7 Å². The fourth-order valence-corrected chi connectivity index (χ4v) is 14.1. The lowest BCUT2D eigenvalue weighted by Gasteiger charge is -2.04. The van der Waals surface area contributed by atoms with Gasteiger partial charge < -0.3 is 11.7 Å². The molecule has 4 N–H and O–H groups in total. The molecule has 0 saturated heterocycles. The third kappa shape index (κ3) is 2.44. The van der Waals surface area contributed by atoms with Gasteiger partial charge in [0.15, 0.2) is 0 Å². The van der Waals surface area contributed by atoms with Gasteiger partial charge in [0.2, 0.25) is 0 Å². The summed E-state index contributed by atoms with van der Waals surface area (Å²) in [4.78, 5) is 1.40. The Morgan fingerprint density at radius 1 is 0.588 bits per heavy atom. The summed E-state index contributed by atoms with van der Waals surface area (Å²) < 4.78 is 15.9. The number of hydrogen-bond acceptors (Lipinski definition) is 8. The molecule has 7 heterocycles. The first-order valence-corrected chi connectivity index (χ1v) is 16.5. The minimum Gasteiger partial charge on any atom is -0.338 e. The van der Waals surface area contributed by atoms with Gasteiger partial charge in [0.25, 0.3) is 0 Å². The van der Waals surface area contributed by atoms with E-state index in [1.165, 1.54) is 68.8 Å². The van der Waals surface area contributed by atoms with Crippen molar-refractivity contribution in [3.63, 3.8) is 0 Å². The van der Waals surface area contributed by atoms with Crippen LogP contribution in [0.15, 0.2) is 4.21 Å². The van der Waals surface area contributed by atoms with Crippen molar-refractivity contribution in [1.82, 2.24) is 9.35 Å². The van der Waals surface area contributed by atoms with Gasteiger partial charge in [0.1, 0.15) is 11.0 Å². The van der Waals surface area contributed by atoms with Crippen molar-refractivity contribution in [1.29, 1.82) is 0 Å². The third-order valence-electron chi connectivity index (χ3n) is 6.79. The van der Waals surface area contributed by atoms with E-state index >= 15 is 0 Å². The van der Waals surface area contributed by atoms with Crippen LogP contribution in [-0.4, -0.2) is 15.6 Å². The Kier molecular flexibility index (Phi) is 4.54. The summed E-state index contributed by atoms with van der Waals surface area (Å²) in [7, 11) is 0. The number of nitrogens with zero attached hydrogens (tertiary/aromatic N) is 2. The Bertz CT molecular complexity index is 1940. The Hall–Kier alpha value is -1.43. The molecule has 7 rings (SSSR count). The summed E-state index contributed by atoms with van der Waals surface area (Å²) in [6.45, 7) is 11.4. The normalized spacial score (nSPS) is 13.3. The number of thiophene rings is 5. The Labute approximate surface area is 220 Å². The van der Waals surface area contributed by atoms with Gasteiger partial charge in [-0.05, 0) is 36.1 Å². The van der Waals surface area contributed by atoms with Crippen LogP contribution in [0, 0.1) is 6.92 Å². The van der Waals surface area contributed by atoms with Gasteiger partial charge in [0, 0.05) is 4.88 Å². The molecule has 10 heteroatoms. The van der Waals surface area contributed by atoms with Crippen LogP contribution in [0.4, 0.5) is 0 Å². The highest BCUT2D eigenvalue weighted by Crippen LogP contribution is 2.55. The zero-order valence-corrected chi connectivity index (χ0v) is 24.6. The van der Waals surface area contributed by atoms with Gasteiger partial charge in [-0.3, -0.25) is 9.35 Å². The average molecular weight is 561 g/mol. The van der Waals surface area contributed by atoms with Crippen molar-refractivity contribution >= 4 is 128 Å². The Morgan fingerprint density at radius 2 is 1.00 bits per heavy atom. The maximum absolute atomic E-state index is 6.88. The van der Waals surface area contributed by atoms with Crippen LogP contribution >= 0.6 is 68.4 Å². The lowest BCUT2D eigenvalue weighted by Crippen LogP contribution is -2.10. The molecule has 0 aliphatic heterocycles. The second kappa shape index (κ2) is 7.08. The molecule has 0 radical (unpaired) electrons. The third-order valence-corrected chi connectivity index (χ3v) is 14.4. The van der Waals surface area contributed by atoms with Crippen molar-refractivity contribution in [2.45, 2.75) is 50.7 Å². The summed E-state index contributed by atoms with van der Waals surface area (Å²) in [6.07, 6.45) is 2.17. The van der Waals surface area contributed by atoms with Gasteiger partial charge in [-0.25, -0.2) is 0 Å². The Morgan fingerprint density at radius 3 is 1.50 bits per heavy atom. The number of fused-ring (bicyclic) bond motifs is 11. The fourth-order valence-electron chi connectivity index (χ4n) is 5.42. The van der Waals surface area contributed by atoms with Crippen LogP contribution < -0.4 is 11.7 Å². The highest BCUT2D eigenvalue weighted by Gasteiger charge is 2.29. The van der Waals surface area contributed by atoms with E-state index in [2.05, 4.69) is 40.9 Å². The monoisotopic (exact) mass is 560 g/mol. The smallest absolute Gasteiger partial charge is 0.108 e. The molecule has 0 aromatic carbocycles. The van der Waals surface area contributed by atoms with Gasteiger partial charge in [-0.1, -0.05) is 27.7 Å². The summed E-state index contributed by atoms with van der Waals surface area (Å²) in [6, 6.07) is 0. The van der Waals surface area contributed by atoms with Crippen molar-refractivity contribution in [2.24, 2.45) is 0 Å². The van der Waals surface area contributed by atoms with Gasteiger partial charge in [-0.15, -0.1) is 68.4 Å². The average Bonchev–Trinajstić information content (AvgIpc) is 3.56. The van der Waals surface area contributed by atoms with Gasteiger partial charge in [0.05, 0.1) is 52.8 Å². The summed E-state index contributed by atoms with van der Waals surface area (Å²) in [5, 5.41) is 0. The number of aromatic nitrogens is 2.